The summed E-state index contributed by atoms with van der Waals surface area (Å²) >= 11 is 2.54. The molecule has 0 aliphatic carbocycles. The van der Waals surface area contributed by atoms with Crippen molar-refractivity contribution in [3.63, 3.8) is 0 Å². The highest BCUT2D eigenvalue weighted by molar-refractivity contribution is 7.05. The summed E-state index contributed by atoms with van der Waals surface area (Å²) in [6, 6.07) is 40.7. The van der Waals surface area contributed by atoms with Crippen molar-refractivity contribution in [1.29, 1.82) is 0 Å². The second-order valence-electron chi connectivity index (χ2n) is 17.0. The molecule has 0 saturated heterocycles. The highest BCUT2D eigenvalue weighted by atomic mass is 32.1. The second-order valence-corrected chi connectivity index (χ2v) is 22.3. The molecule has 6 nitrogen and oxygen atoms in total. The molecular formula is C52H54N4O2S2Si. The first-order valence-corrected chi connectivity index (χ1v) is 26.3. The fourth-order valence-corrected chi connectivity index (χ4v) is 16.7. The van der Waals surface area contributed by atoms with E-state index in [1.165, 1.54) is 135 Å². The fourth-order valence-electron chi connectivity index (χ4n) is 9.85. The summed E-state index contributed by atoms with van der Waals surface area (Å²) in [6.07, 6.45) is 15.5. The van der Waals surface area contributed by atoms with Gasteiger partial charge in [0.15, 0.2) is 0 Å². The molecule has 0 saturated carbocycles. The van der Waals surface area contributed by atoms with Crippen molar-refractivity contribution < 1.29 is 10.2 Å². The molecule has 0 bridgehead atoms. The minimum atomic E-state index is -2.29. The summed E-state index contributed by atoms with van der Waals surface area (Å²) < 4.78 is 19.4. The molecule has 61 heavy (non-hydrogen) atoms. The van der Waals surface area contributed by atoms with Crippen LogP contribution in [0.3, 0.4) is 0 Å². The van der Waals surface area contributed by atoms with E-state index >= 15 is 0 Å². The minimum absolute atomic E-state index is 0.255. The Labute approximate surface area is 369 Å². The standard InChI is InChI=1S/C52H54N4O2S2Si/c1-3-5-7-9-11-13-31-61(32-14-12-10-8-6-4-2)47-33-37(43-29-27-41(49-51(43)55-59-53-49)35-15-21-39(57)22-16-35)19-25-45(47)46-26-20-38(34-48(46)61)44-30-28-42(50-52(44)56-60-54-50)36-17-23-40(58)24-18-36/h15-30,33-34,57-58H,3-14,31-32H2,1-2H3. The maximum atomic E-state index is 9.99. The number of phenols is 2. The SMILES string of the molecule is CCCCCCCC[Si]1(CCCCCCCC)c2cc(-c3ccc(-c4ccc(O)cc4)c4nsnc34)ccc2-c2ccc(-c3ccc(-c4ccc(O)cc4)c4nsnc34)cc21. The average Bonchev–Trinajstić information content (AvgIpc) is 4.04. The van der Waals surface area contributed by atoms with E-state index < -0.39 is 8.07 Å². The van der Waals surface area contributed by atoms with Crippen molar-refractivity contribution in [3.8, 4) is 67.1 Å². The van der Waals surface area contributed by atoms with E-state index in [-0.39, 0.29) is 11.5 Å². The summed E-state index contributed by atoms with van der Waals surface area (Å²) in [7, 11) is -2.29. The summed E-state index contributed by atoms with van der Waals surface area (Å²) in [6.45, 7) is 4.60. The Morgan fingerprint density at radius 1 is 0.377 bits per heavy atom. The van der Waals surface area contributed by atoms with Gasteiger partial charge in [-0.25, -0.2) is 0 Å². The van der Waals surface area contributed by atoms with Crippen LogP contribution in [0.1, 0.15) is 90.9 Å². The van der Waals surface area contributed by atoms with Gasteiger partial charge in [-0.1, -0.05) is 176 Å². The highest BCUT2D eigenvalue weighted by Crippen LogP contribution is 2.42. The van der Waals surface area contributed by atoms with Crippen LogP contribution in [0.25, 0.3) is 77.7 Å². The van der Waals surface area contributed by atoms with Crippen LogP contribution in [0.4, 0.5) is 0 Å². The van der Waals surface area contributed by atoms with Gasteiger partial charge in [0.05, 0.1) is 23.5 Å². The lowest BCUT2D eigenvalue weighted by molar-refractivity contribution is 0.475. The molecule has 310 valence electrons. The molecule has 0 spiro atoms. The molecule has 2 N–H and O–H groups in total. The first-order valence-electron chi connectivity index (χ1n) is 22.4. The zero-order valence-corrected chi connectivity index (χ0v) is 37.9. The smallest absolute Gasteiger partial charge is 0.119 e. The molecule has 3 heterocycles. The van der Waals surface area contributed by atoms with Crippen molar-refractivity contribution >= 4 is 64.0 Å². The third kappa shape index (κ3) is 8.16. The fraction of sp³-hybridized carbons (Fsp3) is 0.308. The Balaban J connectivity index is 1.16. The Kier molecular flexibility index (Phi) is 12.4. The Morgan fingerprint density at radius 2 is 0.689 bits per heavy atom. The van der Waals surface area contributed by atoms with Gasteiger partial charge in [0.1, 0.15) is 41.6 Å². The van der Waals surface area contributed by atoms with Gasteiger partial charge in [0.25, 0.3) is 0 Å². The summed E-state index contributed by atoms with van der Waals surface area (Å²) in [5.74, 6) is 0.511. The van der Waals surface area contributed by atoms with Crippen LogP contribution in [0.5, 0.6) is 11.5 Å². The summed E-state index contributed by atoms with van der Waals surface area (Å²) in [5.41, 5.74) is 15.3. The molecule has 0 fully saturated rings. The molecular weight excluding hydrogens is 805 g/mol. The van der Waals surface area contributed by atoms with E-state index in [1.807, 2.05) is 24.3 Å². The molecule has 0 radical (unpaired) electrons. The molecule has 9 rings (SSSR count). The number of nitrogens with zero attached hydrogens (tertiary/aromatic N) is 4. The van der Waals surface area contributed by atoms with Crippen LogP contribution < -0.4 is 10.4 Å². The maximum Gasteiger partial charge on any atom is 0.119 e. The number of aromatic hydroxyl groups is 2. The van der Waals surface area contributed by atoms with E-state index in [0.29, 0.717) is 0 Å². The largest absolute Gasteiger partial charge is 0.508 e. The van der Waals surface area contributed by atoms with E-state index in [2.05, 4.69) is 74.5 Å². The first kappa shape index (κ1) is 41.1. The lowest BCUT2D eigenvalue weighted by Crippen LogP contribution is -2.55. The molecule has 1 aliphatic rings. The predicted molar refractivity (Wildman–Crippen MR) is 260 cm³/mol. The molecule has 2 aromatic heterocycles. The zero-order valence-electron chi connectivity index (χ0n) is 35.3. The second kappa shape index (κ2) is 18.4. The summed E-state index contributed by atoms with van der Waals surface area (Å²) in [4.78, 5) is 0. The lowest BCUT2D eigenvalue weighted by Gasteiger charge is -2.31. The van der Waals surface area contributed by atoms with Gasteiger partial charge in [0.2, 0.25) is 0 Å². The van der Waals surface area contributed by atoms with Crippen molar-refractivity contribution in [1.82, 2.24) is 17.5 Å². The van der Waals surface area contributed by atoms with Crippen molar-refractivity contribution in [2.24, 2.45) is 0 Å². The van der Waals surface area contributed by atoms with Crippen molar-refractivity contribution in [2.75, 3.05) is 0 Å². The lowest BCUT2D eigenvalue weighted by atomic mass is 9.95. The summed E-state index contributed by atoms with van der Waals surface area (Å²) in [5, 5.41) is 23.1. The predicted octanol–water partition coefficient (Wildman–Crippen LogP) is 14.0. The van der Waals surface area contributed by atoms with Crippen LogP contribution >= 0.6 is 23.5 Å². The number of unbranched alkanes of at least 4 members (excludes halogenated alkanes) is 10. The normalized spacial score (nSPS) is 13.0. The van der Waals surface area contributed by atoms with E-state index in [9.17, 15) is 10.2 Å². The number of benzene rings is 6. The Morgan fingerprint density at radius 3 is 1.07 bits per heavy atom. The Hall–Kier alpha value is -5.22. The van der Waals surface area contributed by atoms with E-state index in [1.54, 1.807) is 34.6 Å². The number of hydrogen-bond acceptors (Lipinski definition) is 8. The van der Waals surface area contributed by atoms with Gasteiger partial charge in [-0.05, 0) is 80.1 Å². The van der Waals surface area contributed by atoms with Crippen LogP contribution in [-0.4, -0.2) is 35.8 Å². The minimum Gasteiger partial charge on any atom is -0.508 e. The molecule has 0 unspecified atom stereocenters. The monoisotopic (exact) mass is 858 g/mol. The highest BCUT2D eigenvalue weighted by Gasteiger charge is 2.45. The molecule has 6 aromatic carbocycles. The van der Waals surface area contributed by atoms with Gasteiger partial charge in [0, 0.05) is 22.3 Å². The molecule has 9 heteroatoms. The number of fused-ring (bicyclic) bond motifs is 5. The van der Waals surface area contributed by atoms with E-state index in [4.69, 9.17) is 17.5 Å². The quantitative estimate of drug-likeness (QED) is 0.0660. The zero-order chi connectivity index (χ0) is 41.8. The number of rotatable bonds is 18. The van der Waals surface area contributed by atoms with E-state index in [0.717, 1.165) is 55.4 Å². The van der Waals surface area contributed by atoms with Crippen molar-refractivity contribution in [3.05, 3.63) is 109 Å². The van der Waals surface area contributed by atoms with Crippen LogP contribution in [0.2, 0.25) is 12.1 Å². The van der Waals surface area contributed by atoms with Gasteiger partial charge >= 0.3 is 0 Å². The first-order chi connectivity index (χ1) is 30.0. The average molecular weight is 859 g/mol. The molecule has 1 aliphatic heterocycles. The van der Waals surface area contributed by atoms with Crippen molar-refractivity contribution in [2.45, 2.75) is 103 Å². The maximum absolute atomic E-state index is 9.99. The third-order valence-electron chi connectivity index (χ3n) is 13.1. The Bertz CT molecular complexity index is 2590. The van der Waals surface area contributed by atoms with Crippen LogP contribution in [0.15, 0.2) is 109 Å². The van der Waals surface area contributed by atoms with Crippen LogP contribution in [-0.2, 0) is 0 Å². The number of phenolic OH excluding ortho intramolecular Hbond substituents is 2. The third-order valence-corrected chi connectivity index (χ3v) is 19.4. The number of aromatic nitrogens is 4. The molecule has 0 atom stereocenters. The topological polar surface area (TPSA) is 92.0 Å². The van der Waals surface area contributed by atoms with Crippen LogP contribution in [0, 0.1) is 0 Å². The van der Waals surface area contributed by atoms with Gasteiger partial charge in [-0.2, -0.15) is 17.5 Å². The molecule has 8 aromatic rings. The van der Waals surface area contributed by atoms with Gasteiger partial charge in [-0.15, -0.1) is 0 Å². The van der Waals surface area contributed by atoms with Gasteiger partial charge < -0.3 is 10.2 Å². The molecule has 0 amide bonds. The number of hydrogen-bond donors (Lipinski definition) is 2. The van der Waals surface area contributed by atoms with Gasteiger partial charge in [-0.3, -0.25) is 0 Å².